The molecule has 0 aliphatic heterocycles. The molecule has 1 unspecified atom stereocenters. The van der Waals surface area contributed by atoms with E-state index < -0.39 is 0 Å². The van der Waals surface area contributed by atoms with Crippen LogP contribution in [0.4, 0.5) is 0 Å². The molecule has 0 fully saturated rings. The molecule has 0 spiro atoms. The minimum Gasteiger partial charge on any atom is -0.306 e. The van der Waals surface area contributed by atoms with E-state index in [1.807, 2.05) is 23.0 Å². The lowest BCUT2D eigenvalue weighted by atomic mass is 10.0. The molecular formula is C16H21BrClN3. The molecule has 0 radical (unpaired) electrons. The van der Waals surface area contributed by atoms with Crippen molar-refractivity contribution in [1.29, 1.82) is 0 Å². The van der Waals surface area contributed by atoms with E-state index in [2.05, 4.69) is 52.5 Å². The second-order valence-corrected chi connectivity index (χ2v) is 6.41. The maximum Gasteiger partial charge on any atom is 0.0622 e. The van der Waals surface area contributed by atoms with E-state index in [1.165, 1.54) is 0 Å². The number of aryl methyl sites for hydroxylation is 1. The van der Waals surface area contributed by atoms with Crippen molar-refractivity contribution in [1.82, 2.24) is 15.1 Å². The topological polar surface area (TPSA) is 29.9 Å². The van der Waals surface area contributed by atoms with E-state index in [1.54, 1.807) is 0 Å². The van der Waals surface area contributed by atoms with E-state index in [4.69, 9.17) is 11.6 Å². The van der Waals surface area contributed by atoms with E-state index in [0.717, 1.165) is 46.6 Å². The number of benzene rings is 1. The molecule has 5 heteroatoms. The van der Waals surface area contributed by atoms with Gasteiger partial charge in [0.15, 0.2) is 0 Å². The number of hydrogen-bond donors (Lipinski definition) is 1. The van der Waals surface area contributed by atoms with Crippen LogP contribution in [0.1, 0.15) is 43.9 Å². The third-order valence-corrected chi connectivity index (χ3v) is 4.13. The first-order valence-electron chi connectivity index (χ1n) is 7.36. The minimum absolute atomic E-state index is 0.0798. The Bertz CT molecular complexity index is 583. The van der Waals surface area contributed by atoms with Crippen molar-refractivity contribution >= 4 is 27.5 Å². The van der Waals surface area contributed by atoms with Crippen molar-refractivity contribution in [3.63, 3.8) is 0 Å². The smallest absolute Gasteiger partial charge is 0.0622 e. The fourth-order valence-electron chi connectivity index (χ4n) is 2.31. The summed E-state index contributed by atoms with van der Waals surface area (Å²) in [6.45, 7) is 6.19. The third-order valence-electron chi connectivity index (χ3n) is 3.31. The summed E-state index contributed by atoms with van der Waals surface area (Å²) < 4.78 is 2.98. The van der Waals surface area contributed by atoms with Crippen LogP contribution in [0.15, 0.2) is 35.1 Å². The molecule has 3 nitrogen and oxygen atoms in total. The summed E-state index contributed by atoms with van der Waals surface area (Å²) in [4.78, 5) is 0. The Morgan fingerprint density at radius 1 is 1.33 bits per heavy atom. The summed E-state index contributed by atoms with van der Waals surface area (Å²) in [6, 6.07) is 6.11. The number of aromatic nitrogens is 2. The van der Waals surface area contributed by atoms with Crippen molar-refractivity contribution in [3.05, 3.63) is 51.2 Å². The average Bonchev–Trinajstić information content (AvgIpc) is 2.90. The number of nitrogens with one attached hydrogen (secondary N) is 1. The van der Waals surface area contributed by atoms with E-state index in [0.29, 0.717) is 0 Å². The van der Waals surface area contributed by atoms with Crippen molar-refractivity contribution in [2.24, 2.45) is 0 Å². The average molecular weight is 371 g/mol. The lowest BCUT2D eigenvalue weighted by Crippen LogP contribution is -2.23. The maximum atomic E-state index is 6.42. The van der Waals surface area contributed by atoms with Crippen LogP contribution in [-0.2, 0) is 6.54 Å². The number of nitrogens with zero attached hydrogens (tertiary/aromatic N) is 2. The molecule has 0 saturated carbocycles. The molecular weight excluding hydrogens is 350 g/mol. The predicted molar refractivity (Wildman–Crippen MR) is 91.8 cm³/mol. The molecule has 1 N–H and O–H groups in total. The second-order valence-electron chi connectivity index (χ2n) is 5.09. The van der Waals surface area contributed by atoms with Crippen LogP contribution in [0.25, 0.3) is 0 Å². The first kappa shape index (κ1) is 16.5. The summed E-state index contributed by atoms with van der Waals surface area (Å²) in [7, 11) is 0. The minimum atomic E-state index is 0.0798. The van der Waals surface area contributed by atoms with Gasteiger partial charge < -0.3 is 5.32 Å². The van der Waals surface area contributed by atoms with Crippen LogP contribution >= 0.6 is 27.5 Å². The largest absolute Gasteiger partial charge is 0.306 e. The molecule has 114 valence electrons. The third kappa shape index (κ3) is 4.31. The van der Waals surface area contributed by atoms with Gasteiger partial charge in [-0.05, 0) is 37.1 Å². The van der Waals surface area contributed by atoms with Gasteiger partial charge in [0.2, 0.25) is 0 Å². The SMILES string of the molecule is CCCNC(c1cnn(CCC)c1)c1ccc(Br)cc1Cl. The Morgan fingerprint density at radius 2 is 2.14 bits per heavy atom. The highest BCUT2D eigenvalue weighted by Crippen LogP contribution is 2.30. The molecule has 0 amide bonds. The number of halogens is 2. The van der Waals surface area contributed by atoms with Gasteiger partial charge >= 0.3 is 0 Å². The highest BCUT2D eigenvalue weighted by molar-refractivity contribution is 9.10. The van der Waals surface area contributed by atoms with E-state index in [-0.39, 0.29) is 6.04 Å². The standard InChI is InChI=1S/C16H21BrClN3/c1-3-7-19-16(12-10-20-21(11-12)8-4-2)14-6-5-13(17)9-15(14)18/h5-6,9-11,16,19H,3-4,7-8H2,1-2H3. The van der Waals surface area contributed by atoms with Gasteiger partial charge in [0.25, 0.3) is 0 Å². The summed E-state index contributed by atoms with van der Waals surface area (Å²) in [5, 5.41) is 8.76. The van der Waals surface area contributed by atoms with Crippen LogP contribution < -0.4 is 5.32 Å². The first-order chi connectivity index (χ1) is 10.2. The molecule has 1 atom stereocenters. The normalized spacial score (nSPS) is 12.6. The zero-order valence-electron chi connectivity index (χ0n) is 12.4. The van der Waals surface area contributed by atoms with E-state index >= 15 is 0 Å². The van der Waals surface area contributed by atoms with Gasteiger partial charge in [-0.25, -0.2) is 0 Å². The van der Waals surface area contributed by atoms with Gasteiger partial charge in [-0.3, -0.25) is 4.68 Å². The Balaban J connectivity index is 2.32. The summed E-state index contributed by atoms with van der Waals surface area (Å²) in [6.07, 6.45) is 6.19. The molecule has 0 saturated heterocycles. The summed E-state index contributed by atoms with van der Waals surface area (Å²) >= 11 is 9.88. The molecule has 2 rings (SSSR count). The van der Waals surface area contributed by atoms with Gasteiger partial charge in [-0.1, -0.05) is 47.4 Å². The molecule has 21 heavy (non-hydrogen) atoms. The summed E-state index contributed by atoms with van der Waals surface area (Å²) in [5.41, 5.74) is 2.24. The fraction of sp³-hybridized carbons (Fsp3) is 0.438. The Hall–Kier alpha value is -0.840. The van der Waals surface area contributed by atoms with Crippen LogP contribution in [0.3, 0.4) is 0 Å². The molecule has 2 aromatic rings. The highest BCUT2D eigenvalue weighted by Gasteiger charge is 2.18. The zero-order chi connectivity index (χ0) is 15.2. The van der Waals surface area contributed by atoms with Crippen molar-refractivity contribution in [2.45, 2.75) is 39.3 Å². The van der Waals surface area contributed by atoms with Gasteiger partial charge in [0.05, 0.1) is 12.2 Å². The van der Waals surface area contributed by atoms with Crippen LogP contribution in [0.2, 0.25) is 5.02 Å². The van der Waals surface area contributed by atoms with Gasteiger partial charge in [-0.15, -0.1) is 0 Å². The molecule has 0 aliphatic carbocycles. The number of rotatable bonds is 7. The second kappa shape index (κ2) is 7.97. The fourth-order valence-corrected chi connectivity index (χ4v) is 3.09. The number of hydrogen-bond acceptors (Lipinski definition) is 2. The maximum absolute atomic E-state index is 6.42. The van der Waals surface area contributed by atoms with E-state index in [9.17, 15) is 0 Å². The molecule has 1 aromatic heterocycles. The quantitative estimate of drug-likeness (QED) is 0.759. The monoisotopic (exact) mass is 369 g/mol. The zero-order valence-corrected chi connectivity index (χ0v) is 14.8. The molecule has 1 heterocycles. The lowest BCUT2D eigenvalue weighted by Gasteiger charge is -2.19. The Labute approximate surface area is 139 Å². The van der Waals surface area contributed by atoms with Crippen molar-refractivity contribution < 1.29 is 0 Å². The summed E-state index contributed by atoms with van der Waals surface area (Å²) in [5.74, 6) is 0. The molecule has 1 aromatic carbocycles. The van der Waals surface area contributed by atoms with Crippen LogP contribution in [-0.4, -0.2) is 16.3 Å². The highest BCUT2D eigenvalue weighted by atomic mass is 79.9. The van der Waals surface area contributed by atoms with Gasteiger partial charge in [0.1, 0.15) is 0 Å². The van der Waals surface area contributed by atoms with Crippen LogP contribution in [0.5, 0.6) is 0 Å². The van der Waals surface area contributed by atoms with Crippen molar-refractivity contribution in [3.8, 4) is 0 Å². The molecule has 0 aliphatic rings. The Morgan fingerprint density at radius 3 is 2.81 bits per heavy atom. The van der Waals surface area contributed by atoms with Gasteiger partial charge in [0, 0.05) is 27.8 Å². The molecule has 0 bridgehead atoms. The van der Waals surface area contributed by atoms with Crippen LogP contribution in [0, 0.1) is 0 Å². The van der Waals surface area contributed by atoms with Crippen molar-refractivity contribution in [2.75, 3.05) is 6.54 Å². The van der Waals surface area contributed by atoms with Gasteiger partial charge in [-0.2, -0.15) is 5.10 Å². The lowest BCUT2D eigenvalue weighted by molar-refractivity contribution is 0.588. The predicted octanol–water partition coefficient (Wildman–Crippen LogP) is 4.80. The first-order valence-corrected chi connectivity index (χ1v) is 8.53. The Kier molecular flexibility index (Phi) is 6.27.